The van der Waals surface area contributed by atoms with Gasteiger partial charge in [-0.25, -0.2) is 4.98 Å². The van der Waals surface area contributed by atoms with Gasteiger partial charge in [0.1, 0.15) is 0 Å². The summed E-state index contributed by atoms with van der Waals surface area (Å²) < 4.78 is 0. The van der Waals surface area contributed by atoms with Crippen LogP contribution in [-0.4, -0.2) is 16.1 Å². The van der Waals surface area contributed by atoms with E-state index in [0.717, 1.165) is 28.2 Å². The number of benzene rings is 2. The molecule has 20 heavy (non-hydrogen) atoms. The van der Waals surface area contributed by atoms with E-state index in [4.69, 9.17) is 5.11 Å². The second-order valence-corrected chi connectivity index (χ2v) is 4.87. The van der Waals surface area contributed by atoms with Crippen LogP contribution in [0, 0.1) is 0 Å². The third-order valence-electron chi connectivity index (χ3n) is 3.52. The summed E-state index contributed by atoms with van der Waals surface area (Å²) in [5, 5.41) is 11.0. The lowest BCUT2D eigenvalue weighted by atomic mass is 9.98. The lowest BCUT2D eigenvalue weighted by Crippen LogP contribution is -1.98. The molecule has 0 aliphatic rings. The fourth-order valence-electron chi connectivity index (χ4n) is 2.61. The minimum Gasteiger partial charge on any atom is -0.481 e. The Balaban J connectivity index is 2.15. The summed E-state index contributed by atoms with van der Waals surface area (Å²) >= 11 is 0. The molecule has 0 aliphatic carbocycles. The molecule has 2 aromatic carbocycles. The zero-order valence-electron chi connectivity index (χ0n) is 11.0. The predicted octanol–water partition coefficient (Wildman–Crippen LogP) is 3.80. The van der Waals surface area contributed by atoms with Crippen LogP contribution < -0.4 is 0 Å². The van der Waals surface area contributed by atoms with Crippen molar-refractivity contribution in [2.75, 3.05) is 0 Å². The molecule has 0 saturated carbocycles. The summed E-state index contributed by atoms with van der Waals surface area (Å²) in [7, 11) is 0. The number of aliphatic carboxylic acids is 1. The number of aryl methyl sites for hydroxylation is 1. The van der Waals surface area contributed by atoms with E-state index in [-0.39, 0.29) is 6.42 Å². The topological polar surface area (TPSA) is 50.2 Å². The first kappa shape index (κ1) is 12.6. The average molecular weight is 265 g/mol. The first-order valence-corrected chi connectivity index (χ1v) is 6.74. The highest BCUT2D eigenvalue weighted by Gasteiger charge is 2.09. The molecular weight excluding hydrogens is 250 g/mol. The Morgan fingerprint density at radius 3 is 2.05 bits per heavy atom. The number of pyridine rings is 1. The van der Waals surface area contributed by atoms with Gasteiger partial charge in [0.25, 0.3) is 0 Å². The molecule has 3 aromatic rings. The highest BCUT2D eigenvalue weighted by molar-refractivity contribution is 5.97. The molecule has 100 valence electrons. The van der Waals surface area contributed by atoms with Crippen molar-refractivity contribution in [3.05, 3.63) is 54.1 Å². The number of nitrogens with zero attached hydrogens (tertiary/aromatic N) is 1. The normalized spacial score (nSPS) is 11.0. The third-order valence-corrected chi connectivity index (χ3v) is 3.52. The Bertz CT molecular complexity index is 726. The highest BCUT2D eigenvalue weighted by atomic mass is 16.4. The molecule has 0 atom stereocenters. The molecule has 1 aromatic heterocycles. The zero-order valence-corrected chi connectivity index (χ0v) is 11.0. The van der Waals surface area contributed by atoms with Crippen molar-refractivity contribution in [3.8, 4) is 0 Å². The Labute approximate surface area is 116 Å². The van der Waals surface area contributed by atoms with Crippen molar-refractivity contribution < 1.29 is 9.90 Å². The van der Waals surface area contributed by atoms with Crippen LogP contribution in [0.15, 0.2) is 48.5 Å². The van der Waals surface area contributed by atoms with Crippen LogP contribution in [0.3, 0.4) is 0 Å². The predicted molar refractivity (Wildman–Crippen MR) is 79.8 cm³/mol. The van der Waals surface area contributed by atoms with Crippen molar-refractivity contribution in [1.82, 2.24) is 4.98 Å². The third kappa shape index (κ3) is 2.35. The summed E-state index contributed by atoms with van der Waals surface area (Å²) in [4.78, 5) is 15.4. The minimum atomic E-state index is -0.743. The lowest BCUT2D eigenvalue weighted by molar-refractivity contribution is -0.137. The summed E-state index contributed by atoms with van der Waals surface area (Å²) in [6.45, 7) is 0. The Morgan fingerprint density at radius 2 is 1.50 bits per heavy atom. The van der Waals surface area contributed by atoms with E-state index >= 15 is 0 Å². The quantitative estimate of drug-likeness (QED) is 0.730. The van der Waals surface area contributed by atoms with E-state index < -0.39 is 5.97 Å². The van der Waals surface area contributed by atoms with Gasteiger partial charge in [0.2, 0.25) is 0 Å². The molecular formula is C17H15NO2. The number of carbonyl (C=O) groups is 1. The maximum atomic E-state index is 10.7. The van der Waals surface area contributed by atoms with Crippen molar-refractivity contribution >= 4 is 27.8 Å². The molecule has 0 radical (unpaired) electrons. The number of aromatic nitrogens is 1. The van der Waals surface area contributed by atoms with Gasteiger partial charge in [-0.3, -0.25) is 4.79 Å². The summed E-state index contributed by atoms with van der Waals surface area (Å²) in [5.74, 6) is -0.743. The number of para-hydroxylation sites is 2. The van der Waals surface area contributed by atoms with E-state index in [1.165, 1.54) is 5.56 Å². The molecule has 0 spiro atoms. The molecule has 1 heterocycles. The van der Waals surface area contributed by atoms with E-state index in [1.807, 2.05) is 36.4 Å². The first-order chi connectivity index (χ1) is 9.75. The van der Waals surface area contributed by atoms with Gasteiger partial charge in [0.15, 0.2) is 0 Å². The molecule has 3 rings (SSSR count). The SMILES string of the molecule is O=C(O)CCCc1c2ccccc2nc2ccccc12. The van der Waals surface area contributed by atoms with Gasteiger partial charge in [-0.2, -0.15) is 0 Å². The largest absolute Gasteiger partial charge is 0.481 e. The number of hydrogen-bond donors (Lipinski definition) is 1. The molecule has 0 unspecified atom stereocenters. The van der Waals surface area contributed by atoms with Crippen LogP contribution in [-0.2, 0) is 11.2 Å². The second-order valence-electron chi connectivity index (χ2n) is 4.87. The van der Waals surface area contributed by atoms with Crippen LogP contribution in [0.25, 0.3) is 21.8 Å². The molecule has 0 fully saturated rings. The second kappa shape index (κ2) is 5.29. The van der Waals surface area contributed by atoms with E-state index in [2.05, 4.69) is 17.1 Å². The number of rotatable bonds is 4. The van der Waals surface area contributed by atoms with Crippen molar-refractivity contribution in [2.45, 2.75) is 19.3 Å². The molecule has 0 bridgehead atoms. The molecule has 1 N–H and O–H groups in total. The lowest BCUT2D eigenvalue weighted by Gasteiger charge is -2.10. The fourth-order valence-corrected chi connectivity index (χ4v) is 2.61. The minimum absolute atomic E-state index is 0.199. The molecule has 3 nitrogen and oxygen atoms in total. The summed E-state index contributed by atoms with van der Waals surface area (Å²) in [5.41, 5.74) is 3.14. The Morgan fingerprint density at radius 1 is 0.950 bits per heavy atom. The summed E-state index contributed by atoms with van der Waals surface area (Å²) in [6.07, 6.45) is 1.61. The maximum Gasteiger partial charge on any atom is 0.303 e. The van der Waals surface area contributed by atoms with Crippen LogP contribution in [0.2, 0.25) is 0 Å². The van der Waals surface area contributed by atoms with Crippen molar-refractivity contribution in [3.63, 3.8) is 0 Å². The fraction of sp³-hybridized carbons (Fsp3) is 0.176. The van der Waals surface area contributed by atoms with Gasteiger partial charge in [0.05, 0.1) is 11.0 Å². The van der Waals surface area contributed by atoms with E-state index in [0.29, 0.717) is 6.42 Å². The van der Waals surface area contributed by atoms with Gasteiger partial charge < -0.3 is 5.11 Å². The molecule has 0 aliphatic heterocycles. The van der Waals surface area contributed by atoms with E-state index in [9.17, 15) is 4.79 Å². The van der Waals surface area contributed by atoms with Crippen LogP contribution in [0.4, 0.5) is 0 Å². The Kier molecular flexibility index (Phi) is 3.33. The summed E-state index contributed by atoms with van der Waals surface area (Å²) in [6, 6.07) is 16.1. The van der Waals surface area contributed by atoms with Crippen molar-refractivity contribution in [2.24, 2.45) is 0 Å². The monoisotopic (exact) mass is 265 g/mol. The van der Waals surface area contributed by atoms with Gasteiger partial charge in [-0.1, -0.05) is 36.4 Å². The maximum absolute atomic E-state index is 10.7. The van der Waals surface area contributed by atoms with Gasteiger partial charge >= 0.3 is 5.97 Å². The smallest absolute Gasteiger partial charge is 0.303 e. The van der Waals surface area contributed by atoms with E-state index in [1.54, 1.807) is 0 Å². The van der Waals surface area contributed by atoms with Crippen LogP contribution in [0.5, 0.6) is 0 Å². The molecule has 0 amide bonds. The standard InChI is InChI=1S/C17H15NO2/c19-17(20)11-5-8-12-13-6-1-3-9-15(13)18-16-10-4-2-7-14(12)16/h1-4,6-7,9-10H,5,8,11H2,(H,19,20). The zero-order chi connectivity index (χ0) is 13.9. The van der Waals surface area contributed by atoms with Gasteiger partial charge in [0, 0.05) is 17.2 Å². The van der Waals surface area contributed by atoms with Crippen LogP contribution >= 0.6 is 0 Å². The number of carboxylic acids is 1. The van der Waals surface area contributed by atoms with Crippen molar-refractivity contribution in [1.29, 1.82) is 0 Å². The molecule has 3 heteroatoms. The Hall–Kier alpha value is -2.42. The van der Waals surface area contributed by atoms with Crippen LogP contribution in [0.1, 0.15) is 18.4 Å². The van der Waals surface area contributed by atoms with Gasteiger partial charge in [-0.15, -0.1) is 0 Å². The highest BCUT2D eigenvalue weighted by Crippen LogP contribution is 2.27. The number of carboxylic acid groups (broad SMARTS) is 1. The number of fused-ring (bicyclic) bond motifs is 2. The average Bonchev–Trinajstić information content (AvgIpc) is 2.46. The first-order valence-electron chi connectivity index (χ1n) is 6.74. The molecule has 0 saturated heterocycles. The number of hydrogen-bond acceptors (Lipinski definition) is 2. The van der Waals surface area contributed by atoms with Gasteiger partial charge in [-0.05, 0) is 30.5 Å².